The summed E-state index contributed by atoms with van der Waals surface area (Å²) in [4.78, 5) is 0. The minimum absolute atomic E-state index is 0.218. The van der Waals surface area contributed by atoms with E-state index in [0.29, 0.717) is 0 Å². The van der Waals surface area contributed by atoms with Gasteiger partial charge in [-0.25, -0.2) is 0 Å². The fourth-order valence-corrected chi connectivity index (χ4v) is 0.569. The van der Waals surface area contributed by atoms with Crippen LogP contribution < -0.4 is 0 Å². The Morgan fingerprint density at radius 3 is 2.10 bits per heavy atom. The van der Waals surface area contributed by atoms with Gasteiger partial charge in [-0.2, -0.15) is 13.2 Å². The predicted molar refractivity (Wildman–Crippen MR) is 34.6 cm³/mol. The smallest absolute Gasteiger partial charge is 0.167 e. The summed E-state index contributed by atoms with van der Waals surface area (Å²) in [6, 6.07) is 0. The molecule has 0 N–H and O–H groups in total. The molecule has 0 saturated heterocycles. The van der Waals surface area contributed by atoms with E-state index in [9.17, 15) is 13.2 Å². The summed E-state index contributed by atoms with van der Waals surface area (Å²) in [5, 5.41) is 0. The molecule has 0 bridgehead atoms. The summed E-state index contributed by atoms with van der Waals surface area (Å²) >= 11 is 0. The molecule has 3 heteroatoms. The van der Waals surface area contributed by atoms with Crippen LogP contribution in [0.2, 0.25) is 0 Å². The summed E-state index contributed by atoms with van der Waals surface area (Å²) in [7, 11) is 0. The van der Waals surface area contributed by atoms with Crippen LogP contribution in [0, 0.1) is 0 Å². The van der Waals surface area contributed by atoms with Crippen LogP contribution in [0.5, 0.6) is 0 Å². The Balaban J connectivity index is 4.17. The average molecular weight is 150 g/mol. The highest BCUT2D eigenvalue weighted by Gasteiger charge is 2.22. The molecule has 0 aliphatic rings. The summed E-state index contributed by atoms with van der Waals surface area (Å²) in [5.41, 5.74) is 0.218. The van der Waals surface area contributed by atoms with Crippen molar-refractivity contribution in [2.24, 2.45) is 0 Å². The van der Waals surface area contributed by atoms with Crippen molar-refractivity contribution in [3.8, 4) is 0 Å². The third kappa shape index (κ3) is 5.41. The third-order valence-electron chi connectivity index (χ3n) is 0.821. The number of allylic oxidation sites excluding steroid dienone is 4. The van der Waals surface area contributed by atoms with Gasteiger partial charge in [0.2, 0.25) is 0 Å². The van der Waals surface area contributed by atoms with Gasteiger partial charge in [0.1, 0.15) is 0 Å². The summed E-state index contributed by atoms with van der Waals surface area (Å²) < 4.78 is 34.6. The predicted octanol–water partition coefficient (Wildman–Crippen LogP) is 3.07. The van der Waals surface area contributed by atoms with Gasteiger partial charge in [-0.1, -0.05) is 12.2 Å². The van der Waals surface area contributed by atoms with Crippen molar-refractivity contribution >= 4 is 0 Å². The molecular weight excluding hydrogens is 141 g/mol. The van der Waals surface area contributed by atoms with Gasteiger partial charge < -0.3 is 0 Å². The first-order valence-corrected chi connectivity index (χ1v) is 2.84. The molecule has 0 rings (SSSR count). The van der Waals surface area contributed by atoms with E-state index < -0.39 is 6.18 Å². The van der Waals surface area contributed by atoms with Crippen molar-refractivity contribution in [2.45, 2.75) is 20.0 Å². The molecule has 0 unspecified atom stereocenters. The Bertz CT molecular complexity index is 151. The van der Waals surface area contributed by atoms with Crippen molar-refractivity contribution in [1.82, 2.24) is 0 Å². The number of halogens is 3. The molecule has 0 spiro atoms. The zero-order valence-corrected chi connectivity index (χ0v) is 5.87. The zero-order valence-electron chi connectivity index (χ0n) is 5.87. The van der Waals surface area contributed by atoms with Gasteiger partial charge in [0.05, 0.1) is 0 Å². The second kappa shape index (κ2) is 3.44. The number of alkyl halides is 3. The fourth-order valence-electron chi connectivity index (χ4n) is 0.569. The Hall–Kier alpha value is -0.730. The van der Waals surface area contributed by atoms with Gasteiger partial charge in [-0.3, -0.25) is 0 Å². The first kappa shape index (κ1) is 9.27. The van der Waals surface area contributed by atoms with Crippen LogP contribution in [-0.2, 0) is 0 Å². The van der Waals surface area contributed by atoms with Crippen molar-refractivity contribution < 1.29 is 13.2 Å². The molecule has 0 aromatic heterocycles. The van der Waals surface area contributed by atoms with Crippen molar-refractivity contribution in [3.05, 3.63) is 23.8 Å². The van der Waals surface area contributed by atoms with E-state index in [2.05, 4.69) is 0 Å². The zero-order chi connectivity index (χ0) is 8.20. The van der Waals surface area contributed by atoms with Crippen LogP contribution >= 0.6 is 0 Å². The highest BCUT2D eigenvalue weighted by Crippen LogP contribution is 2.18. The minimum Gasteiger partial charge on any atom is -0.167 e. The maximum atomic E-state index is 11.5. The molecular formula is C7H9F3. The minimum atomic E-state index is -4.19. The largest absolute Gasteiger partial charge is 0.410 e. The molecule has 0 amide bonds. The Labute approximate surface area is 58.0 Å². The summed E-state index contributed by atoms with van der Waals surface area (Å²) in [5.74, 6) is 0. The van der Waals surface area contributed by atoms with E-state index in [1.807, 2.05) is 0 Å². The average Bonchev–Trinajstić information content (AvgIpc) is 1.59. The van der Waals surface area contributed by atoms with Crippen LogP contribution in [0.1, 0.15) is 13.8 Å². The van der Waals surface area contributed by atoms with Crippen LogP contribution in [0.15, 0.2) is 23.8 Å². The molecule has 0 atom stereocenters. The van der Waals surface area contributed by atoms with Crippen molar-refractivity contribution in [2.75, 3.05) is 0 Å². The number of rotatable bonds is 1. The van der Waals surface area contributed by atoms with Gasteiger partial charge in [-0.15, -0.1) is 0 Å². The monoisotopic (exact) mass is 150 g/mol. The topological polar surface area (TPSA) is 0 Å². The van der Waals surface area contributed by atoms with E-state index in [4.69, 9.17) is 0 Å². The van der Waals surface area contributed by atoms with E-state index in [1.165, 1.54) is 13.0 Å². The van der Waals surface area contributed by atoms with E-state index in [1.54, 1.807) is 13.0 Å². The molecule has 0 saturated carbocycles. The molecule has 0 fully saturated rings. The lowest BCUT2D eigenvalue weighted by Gasteiger charge is -1.98. The Morgan fingerprint density at radius 2 is 1.80 bits per heavy atom. The maximum absolute atomic E-state index is 11.5. The van der Waals surface area contributed by atoms with Gasteiger partial charge in [0.15, 0.2) is 0 Å². The second-order valence-corrected chi connectivity index (χ2v) is 1.93. The van der Waals surface area contributed by atoms with Crippen molar-refractivity contribution in [3.63, 3.8) is 0 Å². The molecule has 0 aromatic carbocycles. The van der Waals surface area contributed by atoms with E-state index in [-0.39, 0.29) is 11.6 Å². The van der Waals surface area contributed by atoms with Gasteiger partial charge in [0, 0.05) is 6.08 Å². The lowest BCUT2D eigenvalue weighted by atomic mass is 10.2. The second-order valence-electron chi connectivity index (χ2n) is 1.93. The molecule has 0 aliphatic carbocycles. The maximum Gasteiger partial charge on any atom is 0.410 e. The highest BCUT2D eigenvalue weighted by atomic mass is 19.4. The first-order chi connectivity index (χ1) is 4.45. The summed E-state index contributed by atoms with van der Waals surface area (Å²) in [6.45, 7) is 3.08. The van der Waals surface area contributed by atoms with Gasteiger partial charge >= 0.3 is 6.18 Å². The van der Waals surface area contributed by atoms with E-state index in [0.717, 1.165) is 0 Å². The summed E-state index contributed by atoms with van der Waals surface area (Å²) in [6.07, 6.45) is -0.943. The molecule has 0 heterocycles. The standard InChI is InChI=1S/C7H9F3/c1-3-4-6(2)5-7(8,9)10/h3-5H,1-2H3/b4-3+,6-5+. The van der Waals surface area contributed by atoms with Crippen LogP contribution in [-0.4, -0.2) is 6.18 Å². The fraction of sp³-hybridized carbons (Fsp3) is 0.429. The van der Waals surface area contributed by atoms with Gasteiger partial charge in [-0.05, 0) is 19.4 Å². The Kier molecular flexibility index (Phi) is 3.19. The molecule has 0 nitrogen and oxygen atoms in total. The molecule has 58 valence electrons. The van der Waals surface area contributed by atoms with Crippen LogP contribution in [0.3, 0.4) is 0 Å². The van der Waals surface area contributed by atoms with Crippen molar-refractivity contribution in [1.29, 1.82) is 0 Å². The lowest BCUT2D eigenvalue weighted by Crippen LogP contribution is -2.01. The molecule has 0 aliphatic heterocycles. The molecule has 10 heavy (non-hydrogen) atoms. The van der Waals surface area contributed by atoms with Crippen LogP contribution in [0.25, 0.3) is 0 Å². The first-order valence-electron chi connectivity index (χ1n) is 2.84. The quantitative estimate of drug-likeness (QED) is 0.504. The number of hydrogen-bond donors (Lipinski definition) is 0. The lowest BCUT2D eigenvalue weighted by molar-refractivity contribution is -0.0803. The SMILES string of the molecule is C/C=C/C(C)=C/C(F)(F)F. The third-order valence-corrected chi connectivity index (χ3v) is 0.821. The highest BCUT2D eigenvalue weighted by molar-refractivity contribution is 5.16. The van der Waals surface area contributed by atoms with E-state index >= 15 is 0 Å². The Morgan fingerprint density at radius 1 is 1.30 bits per heavy atom. The van der Waals surface area contributed by atoms with Gasteiger partial charge in [0.25, 0.3) is 0 Å². The number of hydrogen-bond acceptors (Lipinski definition) is 0. The molecule has 0 aromatic rings. The molecule has 0 radical (unpaired) electrons. The van der Waals surface area contributed by atoms with Crippen LogP contribution in [0.4, 0.5) is 13.2 Å². The normalized spacial score (nSPS) is 14.7.